The molecule has 10 heteroatoms. The lowest BCUT2D eigenvalue weighted by molar-refractivity contribution is -0.139. The first-order chi connectivity index (χ1) is 12.2. The Morgan fingerprint density at radius 1 is 1.12 bits per heavy atom. The van der Waals surface area contributed by atoms with E-state index in [1.807, 2.05) is 6.07 Å². The number of hydrogen-bond donors (Lipinski definition) is 1. The summed E-state index contributed by atoms with van der Waals surface area (Å²) < 4.78 is 62.1. The smallest absolute Gasteiger partial charge is 0.346 e. The molecule has 0 atom stereocenters. The molecule has 1 fully saturated rings. The molecule has 0 aromatic heterocycles. The predicted molar refractivity (Wildman–Crippen MR) is 91.5 cm³/mol. The molecule has 0 spiro atoms. The predicted octanol–water partition coefficient (Wildman–Crippen LogP) is 1.28. The van der Waals surface area contributed by atoms with E-state index in [4.69, 9.17) is 0 Å². The van der Waals surface area contributed by atoms with Crippen LogP contribution in [0.1, 0.15) is 5.56 Å². The Labute approximate surface area is 150 Å². The maximum Gasteiger partial charge on any atom is 0.405 e. The zero-order chi connectivity index (χ0) is 19.2. The van der Waals surface area contributed by atoms with Gasteiger partial charge in [-0.2, -0.15) is 17.5 Å². The topological polar surface area (TPSA) is 69.7 Å². The molecule has 1 aromatic carbocycles. The highest BCUT2D eigenvalue weighted by Crippen LogP contribution is 2.13. The molecule has 0 radical (unpaired) electrons. The van der Waals surface area contributed by atoms with E-state index >= 15 is 0 Å². The quantitative estimate of drug-likeness (QED) is 0.793. The van der Waals surface area contributed by atoms with Gasteiger partial charge >= 0.3 is 6.18 Å². The number of alkyl halides is 3. The molecule has 0 aliphatic carbocycles. The summed E-state index contributed by atoms with van der Waals surface area (Å²) in [7, 11) is -3.59. The lowest BCUT2D eigenvalue weighted by Crippen LogP contribution is -2.51. The monoisotopic (exact) mass is 391 g/mol. The molecule has 1 N–H and O–H groups in total. The van der Waals surface area contributed by atoms with E-state index in [0.29, 0.717) is 0 Å². The van der Waals surface area contributed by atoms with Crippen LogP contribution in [0.5, 0.6) is 0 Å². The van der Waals surface area contributed by atoms with Gasteiger partial charge in [0.25, 0.3) is 0 Å². The zero-order valence-corrected chi connectivity index (χ0v) is 14.8. The third kappa shape index (κ3) is 6.77. The van der Waals surface area contributed by atoms with Crippen molar-refractivity contribution < 1.29 is 26.4 Å². The SMILES string of the molecule is O=C(CN1CCN(S(=O)(=O)C=Cc2ccccc2)CC1)NCC(F)(F)F. The average molecular weight is 391 g/mol. The number of halogens is 3. The van der Waals surface area contributed by atoms with E-state index < -0.39 is 28.7 Å². The number of carbonyl (C=O) groups is 1. The zero-order valence-electron chi connectivity index (χ0n) is 13.9. The van der Waals surface area contributed by atoms with Crippen LogP contribution >= 0.6 is 0 Å². The fourth-order valence-corrected chi connectivity index (χ4v) is 3.59. The molecule has 1 saturated heterocycles. The van der Waals surface area contributed by atoms with Gasteiger partial charge in [-0.25, -0.2) is 8.42 Å². The summed E-state index contributed by atoms with van der Waals surface area (Å²) in [5.74, 6) is -0.734. The Morgan fingerprint density at radius 2 is 1.73 bits per heavy atom. The van der Waals surface area contributed by atoms with Gasteiger partial charge in [-0.3, -0.25) is 9.69 Å². The lowest BCUT2D eigenvalue weighted by Gasteiger charge is -2.32. The van der Waals surface area contributed by atoms with Crippen LogP contribution in [0.4, 0.5) is 13.2 Å². The van der Waals surface area contributed by atoms with Crippen molar-refractivity contribution in [2.75, 3.05) is 39.3 Å². The first-order valence-electron chi connectivity index (χ1n) is 7.95. The summed E-state index contributed by atoms with van der Waals surface area (Å²) in [6, 6.07) is 8.99. The number of sulfonamides is 1. The Bertz CT molecular complexity index is 728. The second kappa shape index (κ2) is 8.65. The summed E-state index contributed by atoms with van der Waals surface area (Å²) in [5, 5.41) is 2.93. The fraction of sp³-hybridized carbons (Fsp3) is 0.438. The molecule has 1 aliphatic rings. The molecule has 26 heavy (non-hydrogen) atoms. The summed E-state index contributed by atoms with van der Waals surface area (Å²) in [6.07, 6.45) is -2.94. The van der Waals surface area contributed by atoms with Gasteiger partial charge in [0.05, 0.1) is 6.54 Å². The molecular formula is C16H20F3N3O3S. The molecule has 1 aromatic rings. The number of amides is 1. The largest absolute Gasteiger partial charge is 0.405 e. The van der Waals surface area contributed by atoms with E-state index in [2.05, 4.69) is 0 Å². The third-order valence-electron chi connectivity index (χ3n) is 3.78. The van der Waals surface area contributed by atoms with Gasteiger partial charge in [0.15, 0.2) is 0 Å². The van der Waals surface area contributed by atoms with E-state index in [9.17, 15) is 26.4 Å². The molecule has 0 unspecified atom stereocenters. The molecule has 144 valence electrons. The molecule has 1 amide bonds. The minimum absolute atomic E-state index is 0.175. The second-order valence-corrected chi connectivity index (χ2v) is 7.64. The van der Waals surface area contributed by atoms with Gasteiger partial charge in [0, 0.05) is 31.6 Å². The number of carbonyl (C=O) groups excluding carboxylic acids is 1. The lowest BCUT2D eigenvalue weighted by atomic mass is 10.2. The van der Waals surface area contributed by atoms with Gasteiger partial charge < -0.3 is 5.32 Å². The number of nitrogens with one attached hydrogen (secondary N) is 1. The molecule has 0 bridgehead atoms. The highest BCUT2D eigenvalue weighted by molar-refractivity contribution is 7.92. The number of nitrogens with zero attached hydrogens (tertiary/aromatic N) is 2. The Balaban J connectivity index is 1.82. The van der Waals surface area contributed by atoms with E-state index in [0.717, 1.165) is 11.0 Å². The Kier molecular flexibility index (Phi) is 6.79. The Morgan fingerprint density at radius 3 is 2.31 bits per heavy atom. The van der Waals surface area contributed by atoms with Crippen LogP contribution in [0, 0.1) is 0 Å². The molecule has 1 heterocycles. The summed E-state index contributed by atoms with van der Waals surface area (Å²) in [4.78, 5) is 13.1. The van der Waals surface area contributed by atoms with E-state index in [1.165, 1.54) is 10.4 Å². The van der Waals surface area contributed by atoms with Crippen molar-refractivity contribution in [1.29, 1.82) is 0 Å². The standard InChI is InChI=1S/C16H20F3N3O3S/c17-16(18,19)13-20-15(23)12-21-7-9-22(10-8-21)26(24,25)11-6-14-4-2-1-3-5-14/h1-6,11H,7-10,12-13H2,(H,20,23). The average Bonchev–Trinajstić information content (AvgIpc) is 2.59. The van der Waals surface area contributed by atoms with Crippen LogP contribution in [-0.2, 0) is 14.8 Å². The molecule has 6 nitrogen and oxygen atoms in total. The van der Waals surface area contributed by atoms with Crippen molar-refractivity contribution >= 4 is 22.0 Å². The van der Waals surface area contributed by atoms with Crippen LogP contribution in [0.2, 0.25) is 0 Å². The molecule has 1 aliphatic heterocycles. The number of hydrogen-bond acceptors (Lipinski definition) is 4. The third-order valence-corrected chi connectivity index (χ3v) is 5.34. The normalized spacial score (nSPS) is 17.5. The minimum atomic E-state index is -4.45. The van der Waals surface area contributed by atoms with Crippen molar-refractivity contribution in [3.8, 4) is 0 Å². The Hall–Kier alpha value is -1.91. The van der Waals surface area contributed by atoms with Crippen LogP contribution in [0.25, 0.3) is 6.08 Å². The molecule has 2 rings (SSSR count). The van der Waals surface area contributed by atoms with Gasteiger partial charge in [-0.15, -0.1) is 0 Å². The van der Waals surface area contributed by atoms with Gasteiger partial charge in [-0.1, -0.05) is 30.3 Å². The minimum Gasteiger partial charge on any atom is -0.346 e. The summed E-state index contributed by atoms with van der Waals surface area (Å²) in [5.41, 5.74) is 0.760. The number of benzene rings is 1. The van der Waals surface area contributed by atoms with Crippen LogP contribution < -0.4 is 5.32 Å². The first-order valence-corrected chi connectivity index (χ1v) is 9.45. The van der Waals surface area contributed by atoms with Crippen LogP contribution in [0.15, 0.2) is 35.7 Å². The second-order valence-electron chi connectivity index (χ2n) is 5.83. The fourth-order valence-electron chi connectivity index (χ4n) is 2.41. The molecular weight excluding hydrogens is 371 g/mol. The summed E-state index contributed by atoms with van der Waals surface area (Å²) in [6.45, 7) is -0.661. The summed E-state index contributed by atoms with van der Waals surface area (Å²) >= 11 is 0. The maximum atomic E-state index is 12.3. The van der Waals surface area contributed by atoms with Crippen molar-refractivity contribution in [2.24, 2.45) is 0 Å². The van der Waals surface area contributed by atoms with Crippen LogP contribution in [0.3, 0.4) is 0 Å². The first kappa shape index (κ1) is 20.4. The van der Waals surface area contributed by atoms with Gasteiger partial charge in [0.1, 0.15) is 6.54 Å². The van der Waals surface area contributed by atoms with Gasteiger partial charge in [0.2, 0.25) is 15.9 Å². The highest BCUT2D eigenvalue weighted by Gasteiger charge is 2.29. The van der Waals surface area contributed by atoms with Crippen LogP contribution in [-0.4, -0.2) is 69.0 Å². The maximum absolute atomic E-state index is 12.3. The van der Waals surface area contributed by atoms with Crippen molar-refractivity contribution in [3.63, 3.8) is 0 Å². The van der Waals surface area contributed by atoms with E-state index in [1.54, 1.807) is 34.5 Å². The highest BCUT2D eigenvalue weighted by atomic mass is 32.2. The number of piperazine rings is 1. The molecule has 0 saturated carbocycles. The number of rotatable bonds is 6. The van der Waals surface area contributed by atoms with Gasteiger partial charge in [-0.05, 0) is 11.6 Å². The van der Waals surface area contributed by atoms with E-state index in [-0.39, 0.29) is 32.7 Å². The van der Waals surface area contributed by atoms with Crippen molar-refractivity contribution in [1.82, 2.24) is 14.5 Å². The van der Waals surface area contributed by atoms with Crippen molar-refractivity contribution in [2.45, 2.75) is 6.18 Å². The van der Waals surface area contributed by atoms with Crippen molar-refractivity contribution in [3.05, 3.63) is 41.3 Å².